The third-order valence-corrected chi connectivity index (χ3v) is 7.09. The molecule has 0 bridgehead atoms. The van der Waals surface area contributed by atoms with E-state index in [-0.39, 0.29) is 21.3 Å². The number of carbonyl (C=O) groups excluding carboxylic acids is 3. The topological polar surface area (TPSA) is 109 Å². The average Bonchev–Trinajstić information content (AvgIpc) is 3.40. The molecule has 0 saturated carbocycles. The van der Waals surface area contributed by atoms with Crippen LogP contribution in [0.2, 0.25) is 0 Å². The van der Waals surface area contributed by atoms with Crippen LogP contribution in [0.15, 0.2) is 54.1 Å². The molecule has 1 aromatic heterocycles. The summed E-state index contributed by atoms with van der Waals surface area (Å²) in [6, 6.07) is 13.0. The Kier molecular flexibility index (Phi) is 7.30. The predicted octanol–water partition coefficient (Wildman–Crippen LogP) is 4.33. The number of aromatic nitrogens is 1. The maximum absolute atomic E-state index is 13.4. The zero-order chi connectivity index (χ0) is 26.9. The van der Waals surface area contributed by atoms with Crippen molar-refractivity contribution in [3.63, 3.8) is 0 Å². The Hall–Kier alpha value is -4.18. The van der Waals surface area contributed by atoms with E-state index in [4.69, 9.17) is 9.47 Å². The number of methoxy groups -OCH3 is 1. The van der Waals surface area contributed by atoms with Crippen molar-refractivity contribution in [3.8, 4) is 5.75 Å². The van der Waals surface area contributed by atoms with Gasteiger partial charge in [0.05, 0.1) is 31.0 Å². The minimum atomic E-state index is -0.969. The van der Waals surface area contributed by atoms with Gasteiger partial charge in [-0.05, 0) is 43.7 Å². The molecule has 9 nitrogen and oxygen atoms in total. The molecule has 1 amide bonds. The summed E-state index contributed by atoms with van der Waals surface area (Å²) in [5.41, 5.74) is 2.15. The summed E-state index contributed by atoms with van der Waals surface area (Å²) in [4.78, 5) is 46.8. The second kappa shape index (κ2) is 10.4. The zero-order valence-electron chi connectivity index (χ0n) is 21.1. The van der Waals surface area contributed by atoms with E-state index >= 15 is 0 Å². The molecule has 2 heterocycles. The van der Waals surface area contributed by atoms with Crippen LogP contribution in [-0.4, -0.2) is 55.6 Å². The summed E-state index contributed by atoms with van der Waals surface area (Å²) in [6.45, 7) is 3.90. The number of aliphatic hydroxyl groups is 1. The van der Waals surface area contributed by atoms with Crippen molar-refractivity contribution < 1.29 is 29.0 Å². The SMILES string of the molecule is CCOc1cccc(/C(O)=C2\C(=O)C(=O)N(c3nc(C)c(C(=O)OC)s3)C2c2ccc(N(C)C)cc2)c1. The minimum absolute atomic E-state index is 0.0799. The van der Waals surface area contributed by atoms with Crippen LogP contribution in [0.1, 0.15) is 39.5 Å². The molecule has 1 unspecified atom stereocenters. The lowest BCUT2D eigenvalue weighted by Crippen LogP contribution is -2.29. The van der Waals surface area contributed by atoms with Crippen molar-refractivity contribution >= 4 is 45.6 Å². The van der Waals surface area contributed by atoms with Gasteiger partial charge >= 0.3 is 11.9 Å². The third kappa shape index (κ3) is 4.79. The van der Waals surface area contributed by atoms with Gasteiger partial charge in [0, 0.05) is 25.3 Å². The van der Waals surface area contributed by atoms with E-state index in [1.807, 2.05) is 38.1 Å². The highest BCUT2D eigenvalue weighted by Gasteiger charge is 2.48. The molecular weight excluding hydrogens is 494 g/mol. The number of hydrogen-bond donors (Lipinski definition) is 1. The fraction of sp³-hybridized carbons (Fsp3) is 0.259. The number of nitrogens with zero attached hydrogens (tertiary/aromatic N) is 3. The third-order valence-electron chi connectivity index (χ3n) is 5.95. The van der Waals surface area contributed by atoms with E-state index in [0.717, 1.165) is 17.0 Å². The van der Waals surface area contributed by atoms with Gasteiger partial charge in [-0.1, -0.05) is 35.6 Å². The Balaban J connectivity index is 1.92. The van der Waals surface area contributed by atoms with Gasteiger partial charge in [-0.3, -0.25) is 14.5 Å². The van der Waals surface area contributed by atoms with Gasteiger partial charge in [-0.15, -0.1) is 0 Å². The number of rotatable bonds is 7. The Labute approximate surface area is 218 Å². The van der Waals surface area contributed by atoms with Gasteiger partial charge in [0.2, 0.25) is 0 Å². The second-order valence-electron chi connectivity index (χ2n) is 8.52. The highest BCUT2D eigenvalue weighted by atomic mass is 32.1. The van der Waals surface area contributed by atoms with Crippen molar-refractivity contribution in [2.75, 3.05) is 37.6 Å². The van der Waals surface area contributed by atoms with Crippen molar-refractivity contribution in [1.82, 2.24) is 4.98 Å². The molecule has 0 radical (unpaired) electrons. The van der Waals surface area contributed by atoms with E-state index in [9.17, 15) is 19.5 Å². The number of hydrogen-bond acceptors (Lipinski definition) is 9. The van der Waals surface area contributed by atoms with Gasteiger partial charge in [-0.25, -0.2) is 9.78 Å². The summed E-state index contributed by atoms with van der Waals surface area (Å²) in [6.07, 6.45) is 0. The first-order valence-corrected chi connectivity index (χ1v) is 12.4. The van der Waals surface area contributed by atoms with Crippen LogP contribution < -0.4 is 14.5 Å². The van der Waals surface area contributed by atoms with E-state index < -0.39 is 23.7 Å². The number of anilines is 2. The zero-order valence-corrected chi connectivity index (χ0v) is 22.0. The molecule has 1 aliphatic rings. The first kappa shape index (κ1) is 25.9. The van der Waals surface area contributed by atoms with Crippen LogP contribution in [0.5, 0.6) is 5.75 Å². The minimum Gasteiger partial charge on any atom is -0.507 e. The Morgan fingerprint density at radius 1 is 1.16 bits per heavy atom. The number of carbonyl (C=O) groups is 3. The fourth-order valence-corrected chi connectivity index (χ4v) is 5.13. The highest BCUT2D eigenvalue weighted by Crippen LogP contribution is 2.44. The predicted molar refractivity (Wildman–Crippen MR) is 141 cm³/mol. The summed E-state index contributed by atoms with van der Waals surface area (Å²) in [5, 5.41) is 11.5. The summed E-state index contributed by atoms with van der Waals surface area (Å²) < 4.78 is 10.4. The Morgan fingerprint density at radius 3 is 2.49 bits per heavy atom. The van der Waals surface area contributed by atoms with Crippen molar-refractivity contribution in [3.05, 3.63) is 75.8 Å². The van der Waals surface area contributed by atoms with E-state index in [0.29, 0.717) is 29.2 Å². The maximum Gasteiger partial charge on any atom is 0.350 e. The molecule has 3 aromatic rings. The number of thiazole rings is 1. The largest absolute Gasteiger partial charge is 0.507 e. The van der Waals surface area contributed by atoms with Gasteiger partial charge in [-0.2, -0.15) is 0 Å². The Bertz CT molecular complexity index is 1390. The van der Waals surface area contributed by atoms with Crippen molar-refractivity contribution in [1.29, 1.82) is 0 Å². The van der Waals surface area contributed by atoms with E-state index in [2.05, 4.69) is 4.98 Å². The fourth-order valence-electron chi connectivity index (χ4n) is 4.12. The molecule has 1 aliphatic heterocycles. The summed E-state index contributed by atoms with van der Waals surface area (Å²) >= 11 is 0.955. The van der Waals surface area contributed by atoms with Crippen LogP contribution in [0.4, 0.5) is 10.8 Å². The number of aliphatic hydroxyl groups excluding tert-OH is 1. The lowest BCUT2D eigenvalue weighted by Gasteiger charge is -2.23. The molecular formula is C27H27N3O6S. The standard InChI is InChI=1S/C27H27N3O6S/c1-6-36-19-9-7-8-17(14-19)22(31)20-21(16-10-12-18(13-11-16)29(3)4)30(25(33)23(20)32)27-28-15(2)24(37-27)26(34)35-5/h7-14,21,31H,6H2,1-5H3/b22-20+. The van der Waals surface area contributed by atoms with Crippen LogP contribution in [-0.2, 0) is 14.3 Å². The smallest absolute Gasteiger partial charge is 0.350 e. The highest BCUT2D eigenvalue weighted by molar-refractivity contribution is 7.17. The number of Topliss-reactive ketones (excluding diaryl/α,β-unsaturated/α-hetero) is 1. The number of esters is 1. The number of benzene rings is 2. The quantitative estimate of drug-likeness (QED) is 0.212. The Morgan fingerprint density at radius 2 is 1.86 bits per heavy atom. The molecule has 10 heteroatoms. The summed E-state index contributed by atoms with van der Waals surface area (Å²) in [5.74, 6) is -2.10. The van der Waals surface area contributed by atoms with Gasteiger partial charge in [0.1, 0.15) is 16.4 Å². The first-order valence-electron chi connectivity index (χ1n) is 11.5. The monoisotopic (exact) mass is 521 g/mol. The van der Waals surface area contributed by atoms with Gasteiger partial charge in [0.15, 0.2) is 5.13 Å². The lowest BCUT2D eigenvalue weighted by atomic mass is 9.95. The molecule has 192 valence electrons. The van der Waals surface area contributed by atoms with Crippen LogP contribution in [0.25, 0.3) is 5.76 Å². The number of aryl methyl sites for hydroxylation is 1. The molecule has 1 atom stereocenters. The molecule has 0 spiro atoms. The van der Waals surface area contributed by atoms with Gasteiger partial charge < -0.3 is 19.5 Å². The van der Waals surface area contributed by atoms with Gasteiger partial charge in [0.25, 0.3) is 5.78 Å². The van der Waals surface area contributed by atoms with Crippen molar-refractivity contribution in [2.24, 2.45) is 0 Å². The molecule has 4 rings (SSSR count). The first-order chi connectivity index (χ1) is 17.7. The van der Waals surface area contributed by atoms with Crippen molar-refractivity contribution in [2.45, 2.75) is 19.9 Å². The molecule has 2 aromatic carbocycles. The van der Waals surface area contributed by atoms with Crippen LogP contribution >= 0.6 is 11.3 Å². The molecule has 1 fully saturated rings. The maximum atomic E-state index is 13.4. The molecule has 1 N–H and O–H groups in total. The lowest BCUT2D eigenvalue weighted by molar-refractivity contribution is -0.132. The summed E-state index contributed by atoms with van der Waals surface area (Å²) in [7, 11) is 5.06. The molecule has 0 aliphatic carbocycles. The normalized spacial score (nSPS) is 16.7. The average molecular weight is 522 g/mol. The molecule has 1 saturated heterocycles. The van der Waals surface area contributed by atoms with Crippen LogP contribution in [0.3, 0.4) is 0 Å². The van der Waals surface area contributed by atoms with E-state index in [1.54, 1.807) is 43.3 Å². The second-order valence-corrected chi connectivity index (χ2v) is 9.50. The van der Waals surface area contributed by atoms with Crippen LogP contribution in [0, 0.1) is 6.92 Å². The van der Waals surface area contributed by atoms with E-state index in [1.165, 1.54) is 12.0 Å². The number of ketones is 1. The number of amides is 1. The number of ether oxygens (including phenoxy) is 2. The molecule has 37 heavy (non-hydrogen) atoms.